The highest BCUT2D eigenvalue weighted by atomic mass is 19.4. The van der Waals surface area contributed by atoms with E-state index in [2.05, 4.69) is 11.3 Å². The van der Waals surface area contributed by atoms with Crippen molar-refractivity contribution in [3.05, 3.63) is 18.4 Å². The summed E-state index contributed by atoms with van der Waals surface area (Å²) in [6, 6.07) is 0. The van der Waals surface area contributed by atoms with Crippen molar-refractivity contribution in [1.29, 1.82) is 0 Å². The number of rotatable bonds is 3. The van der Waals surface area contributed by atoms with E-state index in [9.17, 15) is 39.5 Å². The van der Waals surface area contributed by atoms with E-state index >= 15 is 0 Å². The molecule has 0 unspecified atom stereocenters. The molecule has 0 atom stereocenters. The molecule has 0 fully saturated rings. The van der Waals surface area contributed by atoms with Gasteiger partial charge in [-0.1, -0.05) is 6.58 Å². The van der Waals surface area contributed by atoms with Crippen LogP contribution in [0.15, 0.2) is 18.4 Å². The molecule has 0 saturated heterocycles. The maximum atomic E-state index is 12.2. The van der Waals surface area contributed by atoms with Crippen molar-refractivity contribution in [2.45, 2.75) is 24.1 Å². The third kappa shape index (κ3) is 2.81. The Labute approximate surface area is 94.5 Å². The summed E-state index contributed by atoms with van der Waals surface area (Å²) in [5.41, 5.74) is -4.54. The number of hydrogen-bond donors (Lipinski definition) is 0. The van der Waals surface area contributed by atoms with Gasteiger partial charge < -0.3 is 4.74 Å². The summed E-state index contributed by atoms with van der Waals surface area (Å²) in [6.07, 6.45) is -19.8. The fourth-order valence-corrected chi connectivity index (χ4v) is 0.953. The molecule has 0 aliphatic heterocycles. The van der Waals surface area contributed by atoms with Gasteiger partial charge in [-0.25, -0.2) is 0 Å². The summed E-state index contributed by atoms with van der Waals surface area (Å²) in [5, 5.41) is 0. The van der Waals surface area contributed by atoms with Crippen molar-refractivity contribution in [2.75, 3.05) is 6.61 Å². The van der Waals surface area contributed by atoms with E-state index in [0.717, 1.165) is 0 Å². The minimum atomic E-state index is -6.71. The molecule has 0 aromatic rings. The van der Waals surface area contributed by atoms with Crippen LogP contribution >= 0.6 is 0 Å². The summed E-state index contributed by atoms with van der Waals surface area (Å²) >= 11 is 0. The molecule has 18 heavy (non-hydrogen) atoms. The Kier molecular flexibility index (Phi) is 4.54. The molecule has 0 aliphatic rings. The lowest BCUT2D eigenvalue weighted by Crippen LogP contribution is -2.67. The minimum Gasteiger partial charge on any atom is -0.346 e. The molecule has 0 amide bonds. The van der Waals surface area contributed by atoms with Crippen LogP contribution in [-0.2, 0) is 4.74 Å². The number of halogens is 9. The van der Waals surface area contributed by atoms with E-state index in [1.54, 1.807) is 5.73 Å². The second-order valence-electron chi connectivity index (χ2n) is 2.89. The normalized spacial score (nSPS) is 14.3. The number of alkyl halides is 9. The van der Waals surface area contributed by atoms with E-state index < -0.39 is 30.7 Å². The zero-order chi connectivity index (χ0) is 14.8. The molecule has 0 aromatic carbocycles. The van der Waals surface area contributed by atoms with Gasteiger partial charge in [0, 0.05) is 0 Å². The average Bonchev–Trinajstić information content (AvgIpc) is 2.05. The second-order valence-corrected chi connectivity index (χ2v) is 2.89. The quantitative estimate of drug-likeness (QED) is 0.567. The molecule has 10 heteroatoms. The van der Waals surface area contributed by atoms with Gasteiger partial charge in [0.2, 0.25) is 0 Å². The van der Waals surface area contributed by atoms with Crippen molar-refractivity contribution in [3.8, 4) is 0 Å². The summed E-state index contributed by atoms with van der Waals surface area (Å²) in [6.45, 7) is 1.17. The first kappa shape index (κ1) is 16.8. The third-order valence-electron chi connectivity index (χ3n) is 1.73. The third-order valence-corrected chi connectivity index (χ3v) is 1.73. The maximum Gasteiger partial charge on any atom is 0.435 e. The molecular formula is C8H5F9O. The molecule has 0 spiro atoms. The van der Waals surface area contributed by atoms with Gasteiger partial charge >= 0.3 is 24.1 Å². The highest BCUT2D eigenvalue weighted by molar-refractivity contribution is 5.03. The van der Waals surface area contributed by atoms with Crippen molar-refractivity contribution < 1.29 is 44.3 Å². The van der Waals surface area contributed by atoms with Crippen LogP contribution in [-0.4, -0.2) is 30.7 Å². The predicted octanol–water partition coefficient (Wildman–Crippen LogP) is 3.77. The molecule has 0 saturated carbocycles. The first-order valence-corrected chi connectivity index (χ1v) is 3.99. The zero-order valence-corrected chi connectivity index (χ0v) is 8.30. The van der Waals surface area contributed by atoms with E-state index in [4.69, 9.17) is 0 Å². The van der Waals surface area contributed by atoms with Gasteiger partial charge in [0.15, 0.2) is 0 Å². The van der Waals surface area contributed by atoms with Crippen LogP contribution in [0.1, 0.15) is 0 Å². The first-order valence-electron chi connectivity index (χ1n) is 3.99. The van der Waals surface area contributed by atoms with Gasteiger partial charge in [-0.05, 0) is 6.08 Å². The van der Waals surface area contributed by atoms with Gasteiger partial charge in [0.25, 0.3) is 0 Å². The minimum absolute atomic E-state index is 0.359. The zero-order valence-electron chi connectivity index (χ0n) is 8.30. The van der Waals surface area contributed by atoms with Crippen LogP contribution in [0.4, 0.5) is 39.5 Å². The predicted molar refractivity (Wildman–Crippen MR) is 40.6 cm³/mol. The molecule has 0 N–H and O–H groups in total. The summed E-state index contributed by atoms with van der Waals surface area (Å²) in [4.78, 5) is 0. The molecule has 1 nitrogen and oxygen atoms in total. The summed E-state index contributed by atoms with van der Waals surface area (Å²) in [7, 11) is 0. The van der Waals surface area contributed by atoms with E-state index in [1.807, 2.05) is 0 Å². The van der Waals surface area contributed by atoms with Crippen LogP contribution in [0.2, 0.25) is 0 Å². The largest absolute Gasteiger partial charge is 0.435 e. The van der Waals surface area contributed by atoms with E-state index in [-0.39, 0.29) is 0 Å². The van der Waals surface area contributed by atoms with Crippen molar-refractivity contribution in [2.24, 2.45) is 0 Å². The van der Waals surface area contributed by atoms with Crippen molar-refractivity contribution >= 4 is 0 Å². The van der Waals surface area contributed by atoms with Gasteiger partial charge in [0.05, 0.1) is 6.61 Å². The Morgan fingerprint density at radius 1 is 0.833 bits per heavy atom. The van der Waals surface area contributed by atoms with E-state index in [0.29, 0.717) is 6.08 Å². The smallest absolute Gasteiger partial charge is 0.346 e. The molecular weight excluding hydrogens is 283 g/mol. The Hall–Kier alpha value is -1.15. The van der Waals surface area contributed by atoms with E-state index in [1.165, 1.54) is 0 Å². The van der Waals surface area contributed by atoms with Crippen molar-refractivity contribution in [1.82, 2.24) is 0 Å². The highest BCUT2D eigenvalue weighted by Crippen LogP contribution is 2.54. The number of hydrogen-bond acceptors (Lipinski definition) is 1. The van der Waals surface area contributed by atoms with Gasteiger partial charge in [-0.2, -0.15) is 39.5 Å². The fourth-order valence-electron chi connectivity index (χ4n) is 0.953. The Morgan fingerprint density at radius 2 is 1.17 bits per heavy atom. The molecule has 0 aromatic heterocycles. The molecule has 0 bridgehead atoms. The Bertz CT molecular complexity index is 292. The summed E-state index contributed by atoms with van der Waals surface area (Å²) in [5.74, 6) is 0. The van der Waals surface area contributed by atoms with Crippen LogP contribution in [0.25, 0.3) is 0 Å². The molecule has 0 heterocycles. The Balaban J connectivity index is 5.82. The van der Waals surface area contributed by atoms with Crippen LogP contribution in [0, 0.1) is 0 Å². The number of ether oxygens (including phenoxy) is 1. The lowest BCUT2D eigenvalue weighted by atomic mass is 10.0. The monoisotopic (exact) mass is 288 g/mol. The maximum absolute atomic E-state index is 12.2. The van der Waals surface area contributed by atoms with Crippen LogP contribution in [0.5, 0.6) is 0 Å². The Morgan fingerprint density at radius 3 is 1.39 bits per heavy atom. The SMILES string of the molecule is C=C=CCOC(C(F)(F)F)(C(F)(F)F)C(F)(F)F. The first-order chi connectivity index (χ1) is 7.81. The van der Waals surface area contributed by atoms with Crippen LogP contribution < -0.4 is 0 Å². The molecule has 0 rings (SSSR count). The molecule has 0 aliphatic carbocycles. The molecule has 106 valence electrons. The van der Waals surface area contributed by atoms with Gasteiger partial charge in [0.1, 0.15) is 0 Å². The lowest BCUT2D eigenvalue weighted by molar-refractivity contribution is -0.455. The van der Waals surface area contributed by atoms with Gasteiger partial charge in [-0.15, -0.1) is 5.73 Å². The highest BCUT2D eigenvalue weighted by Gasteiger charge is 2.85. The fraction of sp³-hybridized carbons (Fsp3) is 0.625. The van der Waals surface area contributed by atoms with Gasteiger partial charge in [-0.3, -0.25) is 0 Å². The summed E-state index contributed by atoms with van der Waals surface area (Å²) < 4.78 is 113. The van der Waals surface area contributed by atoms with Crippen molar-refractivity contribution in [3.63, 3.8) is 0 Å². The molecule has 0 radical (unpaired) electrons. The standard InChI is InChI=1S/C8H5F9O/c1-2-3-4-18-5(6(9,10)11,7(12,13)14)8(15,16)17/h3H,1,4H2. The van der Waals surface area contributed by atoms with Crippen LogP contribution in [0.3, 0.4) is 0 Å². The topological polar surface area (TPSA) is 9.23 Å². The lowest BCUT2D eigenvalue weighted by Gasteiger charge is -2.37. The second kappa shape index (κ2) is 4.85. The average molecular weight is 288 g/mol.